The minimum Gasteiger partial charge on any atom is -0.356 e. The van der Waals surface area contributed by atoms with Gasteiger partial charge in [0.25, 0.3) is 0 Å². The molecule has 0 amide bonds. The Morgan fingerprint density at radius 1 is 1.15 bits per heavy atom. The maximum absolute atomic E-state index is 15.1. The molecule has 1 aromatic heterocycles. The zero-order chi connectivity index (χ0) is 24.2. The smallest absolute Gasteiger partial charge is 0.356 e. The summed E-state index contributed by atoms with van der Waals surface area (Å²) in [5.41, 5.74) is 1.64. The molecule has 1 saturated heterocycles. The van der Waals surface area contributed by atoms with E-state index in [9.17, 15) is 13.2 Å². The molecule has 3 atom stereocenters. The molecule has 2 aliphatic rings. The van der Waals surface area contributed by atoms with Crippen molar-refractivity contribution in [2.45, 2.75) is 57.1 Å². The fourth-order valence-corrected chi connectivity index (χ4v) is 5.66. The van der Waals surface area contributed by atoms with Crippen molar-refractivity contribution in [3.63, 3.8) is 0 Å². The van der Waals surface area contributed by atoms with Gasteiger partial charge in [-0.15, -0.1) is 0 Å². The van der Waals surface area contributed by atoms with Crippen LogP contribution in [0.15, 0.2) is 34.9 Å². The lowest BCUT2D eigenvalue weighted by atomic mass is 9.83. The highest BCUT2D eigenvalue weighted by Crippen LogP contribution is 2.44. The van der Waals surface area contributed by atoms with E-state index in [0.717, 1.165) is 52.8 Å². The van der Waals surface area contributed by atoms with Crippen molar-refractivity contribution in [1.82, 2.24) is 14.7 Å². The SMILES string of the molecule is C[C@@H]1Cc2c(ccc3c2cnn3C2CCCCO2)[C@@H](c2c(F)cc(Br)cc2F)N1CC(F)(F)F. The van der Waals surface area contributed by atoms with Crippen LogP contribution >= 0.6 is 15.9 Å². The van der Waals surface area contributed by atoms with Crippen LogP contribution in [0.3, 0.4) is 0 Å². The third kappa shape index (κ3) is 4.24. The number of alkyl halides is 3. The molecular formula is C24H23BrF5N3O. The second-order valence-corrected chi connectivity index (χ2v) is 9.92. The first-order valence-electron chi connectivity index (χ1n) is 11.2. The molecule has 182 valence electrons. The van der Waals surface area contributed by atoms with Gasteiger partial charge < -0.3 is 4.74 Å². The Hall–Kier alpha value is -2.04. The molecule has 1 fully saturated rings. The molecule has 34 heavy (non-hydrogen) atoms. The standard InChI is InChI=1S/C24H23BrF5N3O/c1-13-8-16-15(5-6-20-17(16)11-31-33(20)21-4-2-3-7-34-21)23(32(13)12-24(28,29)30)22-18(26)9-14(25)10-19(22)27/h5-6,9-11,13,21,23H,2-4,7-8,12H2,1H3/t13-,21?,23+/m1/s1. The summed E-state index contributed by atoms with van der Waals surface area (Å²) in [5.74, 6) is -1.79. The van der Waals surface area contributed by atoms with E-state index in [1.165, 1.54) is 0 Å². The normalized spacial score (nSPS) is 23.9. The van der Waals surface area contributed by atoms with E-state index in [0.29, 0.717) is 18.6 Å². The van der Waals surface area contributed by atoms with Gasteiger partial charge in [0.1, 0.15) is 11.6 Å². The molecule has 4 nitrogen and oxygen atoms in total. The summed E-state index contributed by atoms with van der Waals surface area (Å²) in [6.45, 7) is 1.02. The number of rotatable bonds is 3. The summed E-state index contributed by atoms with van der Waals surface area (Å²) in [4.78, 5) is 1.14. The largest absolute Gasteiger partial charge is 0.401 e. The monoisotopic (exact) mass is 543 g/mol. The molecule has 5 rings (SSSR count). The predicted octanol–water partition coefficient (Wildman–Crippen LogP) is 6.67. The number of aromatic nitrogens is 2. The minimum absolute atomic E-state index is 0.182. The van der Waals surface area contributed by atoms with Gasteiger partial charge >= 0.3 is 6.18 Å². The highest BCUT2D eigenvalue weighted by atomic mass is 79.9. The Kier molecular flexibility index (Phi) is 6.18. The molecule has 0 N–H and O–H groups in total. The van der Waals surface area contributed by atoms with Gasteiger partial charge in [-0.3, -0.25) is 4.90 Å². The van der Waals surface area contributed by atoms with Gasteiger partial charge in [0, 0.05) is 28.1 Å². The van der Waals surface area contributed by atoms with Crippen LogP contribution in [0.1, 0.15) is 55.1 Å². The van der Waals surface area contributed by atoms with Crippen molar-refractivity contribution < 1.29 is 26.7 Å². The second-order valence-electron chi connectivity index (χ2n) is 9.00. The Morgan fingerprint density at radius 3 is 2.53 bits per heavy atom. The first kappa shape index (κ1) is 23.7. The molecule has 2 aliphatic heterocycles. The fraction of sp³-hybridized carbons (Fsp3) is 0.458. The van der Waals surface area contributed by atoms with E-state index in [2.05, 4.69) is 21.0 Å². The number of benzene rings is 2. The lowest BCUT2D eigenvalue weighted by molar-refractivity contribution is -0.155. The maximum Gasteiger partial charge on any atom is 0.401 e. The van der Waals surface area contributed by atoms with Gasteiger partial charge in [-0.25, -0.2) is 13.5 Å². The molecule has 3 heterocycles. The van der Waals surface area contributed by atoms with Crippen molar-refractivity contribution in [3.8, 4) is 0 Å². The van der Waals surface area contributed by atoms with Gasteiger partial charge in [0.05, 0.1) is 24.3 Å². The van der Waals surface area contributed by atoms with Crippen molar-refractivity contribution in [1.29, 1.82) is 0 Å². The van der Waals surface area contributed by atoms with Crippen LogP contribution < -0.4 is 0 Å². The second kappa shape index (κ2) is 8.87. The fourth-order valence-electron chi connectivity index (χ4n) is 5.26. The van der Waals surface area contributed by atoms with E-state index < -0.39 is 36.4 Å². The Labute approximate surface area is 201 Å². The van der Waals surface area contributed by atoms with Crippen LogP contribution in [0.2, 0.25) is 0 Å². The zero-order valence-corrected chi connectivity index (χ0v) is 20.0. The molecule has 1 unspecified atom stereocenters. The lowest BCUT2D eigenvalue weighted by Gasteiger charge is -2.42. The highest BCUT2D eigenvalue weighted by Gasteiger charge is 2.43. The molecule has 0 saturated carbocycles. The summed E-state index contributed by atoms with van der Waals surface area (Å²) in [7, 11) is 0. The van der Waals surface area contributed by atoms with E-state index in [4.69, 9.17) is 4.74 Å². The van der Waals surface area contributed by atoms with Crippen LogP contribution in [-0.4, -0.2) is 40.1 Å². The van der Waals surface area contributed by atoms with Crippen molar-refractivity contribution in [2.24, 2.45) is 0 Å². The minimum atomic E-state index is -4.53. The van der Waals surface area contributed by atoms with Crippen molar-refractivity contribution >= 4 is 26.8 Å². The highest BCUT2D eigenvalue weighted by molar-refractivity contribution is 9.10. The van der Waals surface area contributed by atoms with Gasteiger partial charge in [-0.1, -0.05) is 22.0 Å². The van der Waals surface area contributed by atoms with Gasteiger partial charge in [-0.2, -0.15) is 18.3 Å². The lowest BCUT2D eigenvalue weighted by Crippen LogP contribution is -2.47. The van der Waals surface area contributed by atoms with Crippen LogP contribution in [0.25, 0.3) is 10.9 Å². The number of nitrogens with zero attached hydrogens (tertiary/aromatic N) is 3. The number of halogens is 6. The average Bonchev–Trinajstić information content (AvgIpc) is 3.19. The Morgan fingerprint density at radius 2 is 1.88 bits per heavy atom. The predicted molar refractivity (Wildman–Crippen MR) is 120 cm³/mol. The summed E-state index contributed by atoms with van der Waals surface area (Å²) in [5, 5.41) is 5.29. The summed E-state index contributed by atoms with van der Waals surface area (Å²) in [6.07, 6.45) is 0.0826. The van der Waals surface area contributed by atoms with E-state index >= 15 is 8.78 Å². The topological polar surface area (TPSA) is 30.3 Å². The molecular weight excluding hydrogens is 521 g/mol. The summed E-state index contributed by atoms with van der Waals surface area (Å²) >= 11 is 3.06. The van der Waals surface area contributed by atoms with E-state index in [1.807, 2.05) is 0 Å². The molecule has 2 aromatic carbocycles. The first-order valence-corrected chi connectivity index (χ1v) is 12.0. The summed E-state index contributed by atoms with van der Waals surface area (Å²) < 4.78 is 78.6. The quantitative estimate of drug-likeness (QED) is 0.345. The number of ether oxygens (including phenoxy) is 1. The van der Waals surface area contributed by atoms with Crippen LogP contribution in [0.4, 0.5) is 22.0 Å². The van der Waals surface area contributed by atoms with Gasteiger partial charge in [0.2, 0.25) is 0 Å². The van der Waals surface area contributed by atoms with Gasteiger partial charge in [-0.05, 0) is 61.9 Å². The summed E-state index contributed by atoms with van der Waals surface area (Å²) in [6, 6.07) is 3.77. The van der Waals surface area contributed by atoms with E-state index in [1.54, 1.807) is 29.9 Å². The van der Waals surface area contributed by atoms with Crippen molar-refractivity contribution in [2.75, 3.05) is 13.2 Å². The number of hydrogen-bond donors (Lipinski definition) is 0. The Bertz CT molecular complexity index is 1200. The maximum atomic E-state index is 15.1. The molecule has 0 spiro atoms. The third-order valence-corrected chi connectivity index (χ3v) is 7.19. The number of hydrogen-bond acceptors (Lipinski definition) is 3. The molecule has 10 heteroatoms. The Balaban J connectivity index is 1.68. The third-order valence-electron chi connectivity index (χ3n) is 6.73. The van der Waals surface area contributed by atoms with Crippen LogP contribution in [0, 0.1) is 11.6 Å². The van der Waals surface area contributed by atoms with Gasteiger partial charge in [0.15, 0.2) is 6.23 Å². The molecule has 3 aromatic rings. The van der Waals surface area contributed by atoms with Crippen LogP contribution in [0.5, 0.6) is 0 Å². The van der Waals surface area contributed by atoms with Crippen molar-refractivity contribution in [3.05, 3.63) is 63.3 Å². The molecule has 0 aliphatic carbocycles. The number of fused-ring (bicyclic) bond motifs is 3. The zero-order valence-electron chi connectivity index (χ0n) is 18.4. The first-order chi connectivity index (χ1) is 16.1. The molecule has 0 radical (unpaired) electrons. The molecule has 0 bridgehead atoms. The average molecular weight is 544 g/mol. The van der Waals surface area contributed by atoms with E-state index in [-0.39, 0.29) is 16.3 Å². The van der Waals surface area contributed by atoms with Crippen LogP contribution in [-0.2, 0) is 11.2 Å².